The van der Waals surface area contributed by atoms with E-state index in [1.807, 2.05) is 0 Å². The number of benzene rings is 1. The number of aromatic nitrogens is 1. The first-order chi connectivity index (χ1) is 9.58. The van der Waals surface area contributed by atoms with Crippen LogP contribution in [-0.4, -0.2) is 25.0 Å². The molecule has 0 bridgehead atoms. The van der Waals surface area contributed by atoms with E-state index in [1.54, 1.807) is 18.2 Å². The van der Waals surface area contributed by atoms with Crippen molar-refractivity contribution in [2.24, 2.45) is 0 Å². The van der Waals surface area contributed by atoms with Gasteiger partial charge in [-0.1, -0.05) is 23.7 Å². The molecule has 0 spiro atoms. The molecule has 2 rings (SSSR count). The summed E-state index contributed by atoms with van der Waals surface area (Å²) in [6.45, 7) is 0. The predicted octanol–water partition coefficient (Wildman–Crippen LogP) is 2.28. The Kier molecular flexibility index (Phi) is 4.10. The zero-order valence-electron chi connectivity index (χ0n) is 10.9. The standard InChI is InChI=1S/C14H12ClNO4/c1-19-13-12(18)10(7-16-14(13)20-2)11(17)8-4-3-5-9(15)6-8/h3-7H,1-2H3,(H,16,18). The summed E-state index contributed by atoms with van der Waals surface area (Å²) in [6.07, 6.45) is 1.30. The number of carbonyl (C=O) groups excluding carboxylic acids is 1. The summed E-state index contributed by atoms with van der Waals surface area (Å²) in [4.78, 5) is 27.2. The Balaban J connectivity index is 2.54. The molecule has 5 nitrogen and oxygen atoms in total. The highest BCUT2D eigenvalue weighted by atomic mass is 35.5. The number of aromatic amines is 1. The summed E-state index contributed by atoms with van der Waals surface area (Å²) in [6, 6.07) is 6.38. The SMILES string of the molecule is COc1[nH]cc(C(=O)c2cccc(Cl)c2)c(=O)c1OC. The molecule has 1 aromatic heterocycles. The molecule has 0 saturated heterocycles. The second kappa shape index (κ2) is 5.79. The fourth-order valence-electron chi connectivity index (χ4n) is 1.79. The number of rotatable bonds is 4. The Morgan fingerprint density at radius 3 is 2.60 bits per heavy atom. The summed E-state index contributed by atoms with van der Waals surface area (Å²) < 4.78 is 9.93. The Labute approximate surface area is 120 Å². The first-order valence-corrected chi connectivity index (χ1v) is 6.10. The van der Waals surface area contributed by atoms with Crippen LogP contribution in [0.3, 0.4) is 0 Å². The summed E-state index contributed by atoms with van der Waals surface area (Å²) in [5, 5.41) is 0.424. The highest BCUT2D eigenvalue weighted by Gasteiger charge is 2.19. The Morgan fingerprint density at radius 2 is 2.00 bits per heavy atom. The van der Waals surface area contributed by atoms with E-state index in [1.165, 1.54) is 26.5 Å². The van der Waals surface area contributed by atoms with Gasteiger partial charge < -0.3 is 14.5 Å². The van der Waals surface area contributed by atoms with E-state index < -0.39 is 11.2 Å². The number of pyridine rings is 1. The largest absolute Gasteiger partial charge is 0.488 e. The molecule has 6 heteroatoms. The van der Waals surface area contributed by atoms with Crippen LogP contribution in [0.5, 0.6) is 11.6 Å². The van der Waals surface area contributed by atoms with Crippen LogP contribution in [-0.2, 0) is 0 Å². The van der Waals surface area contributed by atoms with Crippen LogP contribution in [0.4, 0.5) is 0 Å². The third kappa shape index (κ3) is 2.53. The van der Waals surface area contributed by atoms with Gasteiger partial charge in [0.25, 0.3) is 0 Å². The number of hydrogen-bond donors (Lipinski definition) is 1. The Hall–Kier alpha value is -2.27. The van der Waals surface area contributed by atoms with Crippen LogP contribution in [0.25, 0.3) is 0 Å². The molecule has 0 atom stereocenters. The second-order valence-corrected chi connectivity index (χ2v) is 4.37. The molecule has 0 amide bonds. The molecular weight excluding hydrogens is 282 g/mol. The van der Waals surface area contributed by atoms with Gasteiger partial charge in [0, 0.05) is 16.8 Å². The van der Waals surface area contributed by atoms with Gasteiger partial charge in [0.15, 0.2) is 5.78 Å². The molecule has 0 unspecified atom stereocenters. The van der Waals surface area contributed by atoms with E-state index in [4.69, 9.17) is 21.1 Å². The Bertz CT molecular complexity index is 709. The molecule has 1 heterocycles. The fraction of sp³-hybridized carbons (Fsp3) is 0.143. The molecule has 0 fully saturated rings. The van der Waals surface area contributed by atoms with Crippen LogP contribution >= 0.6 is 11.6 Å². The first-order valence-electron chi connectivity index (χ1n) is 5.72. The number of H-pyrrole nitrogens is 1. The fourth-order valence-corrected chi connectivity index (χ4v) is 1.98. The molecule has 0 aliphatic heterocycles. The van der Waals surface area contributed by atoms with Gasteiger partial charge in [-0.15, -0.1) is 0 Å². The van der Waals surface area contributed by atoms with Gasteiger partial charge in [-0.2, -0.15) is 0 Å². The lowest BCUT2D eigenvalue weighted by Crippen LogP contribution is -2.18. The molecule has 20 heavy (non-hydrogen) atoms. The zero-order valence-corrected chi connectivity index (χ0v) is 11.7. The summed E-state index contributed by atoms with van der Waals surface area (Å²) in [5.74, 6) is -0.310. The monoisotopic (exact) mass is 293 g/mol. The number of nitrogens with one attached hydrogen (secondary N) is 1. The van der Waals surface area contributed by atoms with Gasteiger partial charge in [-0.05, 0) is 12.1 Å². The van der Waals surface area contributed by atoms with Crippen molar-refractivity contribution in [3.05, 3.63) is 56.8 Å². The molecule has 0 aliphatic rings. The van der Waals surface area contributed by atoms with E-state index in [0.29, 0.717) is 10.6 Å². The van der Waals surface area contributed by atoms with Crippen LogP contribution in [0.1, 0.15) is 15.9 Å². The predicted molar refractivity (Wildman–Crippen MR) is 75.1 cm³/mol. The highest BCUT2D eigenvalue weighted by Crippen LogP contribution is 2.20. The number of methoxy groups -OCH3 is 2. The average molecular weight is 294 g/mol. The Morgan fingerprint density at radius 1 is 1.25 bits per heavy atom. The summed E-state index contributed by atoms with van der Waals surface area (Å²) >= 11 is 5.84. The van der Waals surface area contributed by atoms with E-state index in [-0.39, 0.29) is 17.2 Å². The minimum atomic E-state index is -0.534. The number of carbonyl (C=O) groups is 1. The minimum absolute atomic E-state index is 0.0371. The van der Waals surface area contributed by atoms with Crippen molar-refractivity contribution in [2.75, 3.05) is 14.2 Å². The zero-order chi connectivity index (χ0) is 14.7. The maximum Gasteiger partial charge on any atom is 0.238 e. The lowest BCUT2D eigenvalue weighted by molar-refractivity contribution is 0.103. The van der Waals surface area contributed by atoms with E-state index >= 15 is 0 Å². The van der Waals surface area contributed by atoms with Crippen LogP contribution in [0, 0.1) is 0 Å². The summed E-state index contributed by atoms with van der Waals surface area (Å²) in [7, 11) is 2.73. The topological polar surface area (TPSA) is 68.4 Å². The normalized spacial score (nSPS) is 10.2. The van der Waals surface area contributed by atoms with Gasteiger partial charge in [-0.25, -0.2) is 0 Å². The van der Waals surface area contributed by atoms with Gasteiger partial charge >= 0.3 is 0 Å². The second-order valence-electron chi connectivity index (χ2n) is 3.94. The molecule has 0 radical (unpaired) electrons. The van der Waals surface area contributed by atoms with Crippen LogP contribution in [0.15, 0.2) is 35.3 Å². The van der Waals surface area contributed by atoms with E-state index in [9.17, 15) is 9.59 Å². The van der Waals surface area contributed by atoms with Gasteiger partial charge in [0.1, 0.15) is 0 Å². The van der Waals surface area contributed by atoms with Crippen molar-refractivity contribution >= 4 is 17.4 Å². The number of ketones is 1. The maximum absolute atomic E-state index is 12.3. The van der Waals surface area contributed by atoms with Crippen molar-refractivity contribution in [3.8, 4) is 11.6 Å². The van der Waals surface area contributed by atoms with Crippen molar-refractivity contribution in [1.82, 2.24) is 4.98 Å². The smallest absolute Gasteiger partial charge is 0.238 e. The molecule has 0 saturated carbocycles. The molecule has 1 aromatic carbocycles. The quantitative estimate of drug-likeness (QED) is 0.878. The van der Waals surface area contributed by atoms with Crippen LogP contribution < -0.4 is 14.9 Å². The molecule has 0 aliphatic carbocycles. The van der Waals surface area contributed by atoms with Crippen molar-refractivity contribution in [3.63, 3.8) is 0 Å². The minimum Gasteiger partial charge on any atom is -0.488 e. The van der Waals surface area contributed by atoms with Crippen LogP contribution in [0.2, 0.25) is 5.02 Å². The van der Waals surface area contributed by atoms with E-state index in [2.05, 4.69) is 4.98 Å². The highest BCUT2D eigenvalue weighted by molar-refractivity contribution is 6.31. The average Bonchev–Trinajstić information content (AvgIpc) is 2.46. The third-order valence-corrected chi connectivity index (χ3v) is 2.98. The number of halogens is 1. The van der Waals surface area contributed by atoms with E-state index in [0.717, 1.165) is 0 Å². The molecule has 1 N–H and O–H groups in total. The van der Waals surface area contributed by atoms with Crippen molar-refractivity contribution in [2.45, 2.75) is 0 Å². The lowest BCUT2D eigenvalue weighted by atomic mass is 10.0. The maximum atomic E-state index is 12.3. The first kappa shape index (κ1) is 14.1. The molecular formula is C14H12ClNO4. The molecule has 104 valence electrons. The third-order valence-electron chi connectivity index (χ3n) is 2.74. The molecule has 2 aromatic rings. The van der Waals surface area contributed by atoms with Crippen molar-refractivity contribution in [1.29, 1.82) is 0 Å². The van der Waals surface area contributed by atoms with Gasteiger partial charge in [0.05, 0.1) is 19.8 Å². The lowest BCUT2D eigenvalue weighted by Gasteiger charge is -2.08. The number of hydrogen-bond acceptors (Lipinski definition) is 4. The van der Waals surface area contributed by atoms with Crippen molar-refractivity contribution < 1.29 is 14.3 Å². The number of ether oxygens (including phenoxy) is 2. The van der Waals surface area contributed by atoms with Gasteiger partial charge in [-0.3, -0.25) is 9.59 Å². The summed E-state index contributed by atoms with van der Waals surface area (Å²) in [5.41, 5.74) is -0.242. The van der Waals surface area contributed by atoms with Gasteiger partial charge in [0.2, 0.25) is 17.1 Å².